The van der Waals surface area contributed by atoms with Crippen LogP contribution >= 0.6 is 0 Å². The molecule has 1 aliphatic carbocycles. The molecule has 0 radical (unpaired) electrons. The zero-order valence-electron chi connectivity index (χ0n) is 17.5. The third kappa shape index (κ3) is 3.61. The maximum Gasteiger partial charge on any atom is 0.412 e. The van der Waals surface area contributed by atoms with Crippen LogP contribution in [0, 0.1) is 5.92 Å². The Morgan fingerprint density at radius 1 is 1.03 bits per heavy atom. The Kier molecular flexibility index (Phi) is 5.08. The lowest BCUT2D eigenvalue weighted by molar-refractivity contribution is -0.142. The molecule has 9 nitrogen and oxygen atoms in total. The van der Waals surface area contributed by atoms with Crippen molar-refractivity contribution in [2.75, 3.05) is 11.9 Å². The summed E-state index contributed by atoms with van der Waals surface area (Å²) in [5, 5.41) is 21.4. The molecule has 0 saturated carbocycles. The number of carboxylic acid groups (broad SMARTS) is 2. The predicted octanol–water partition coefficient (Wildman–Crippen LogP) is 3.59. The van der Waals surface area contributed by atoms with Crippen LogP contribution < -0.4 is 5.32 Å². The van der Waals surface area contributed by atoms with Crippen LogP contribution in [0.25, 0.3) is 11.1 Å². The molecule has 2 aliphatic rings. The highest BCUT2D eigenvalue weighted by atomic mass is 16.5. The smallest absolute Gasteiger partial charge is 0.412 e. The Labute approximate surface area is 188 Å². The number of aryl methyl sites for hydroxylation is 1. The number of aliphatic carboxylic acids is 1. The molecule has 1 unspecified atom stereocenters. The number of carboxylic acids is 2. The summed E-state index contributed by atoms with van der Waals surface area (Å²) in [5.74, 6) is -2.83. The van der Waals surface area contributed by atoms with Gasteiger partial charge in [-0.25, -0.2) is 14.6 Å². The van der Waals surface area contributed by atoms with Gasteiger partial charge >= 0.3 is 18.0 Å². The minimum Gasteiger partial charge on any atom is -0.481 e. The number of benzene rings is 2. The minimum absolute atomic E-state index is 0.00826. The molecule has 0 fully saturated rings. The van der Waals surface area contributed by atoms with E-state index in [0.717, 1.165) is 22.3 Å². The Morgan fingerprint density at radius 3 is 2.27 bits per heavy atom. The van der Waals surface area contributed by atoms with Crippen LogP contribution in [0.4, 0.5) is 10.6 Å². The molecule has 1 aromatic heterocycles. The third-order valence-corrected chi connectivity index (χ3v) is 6.28. The predicted molar refractivity (Wildman–Crippen MR) is 117 cm³/mol. The van der Waals surface area contributed by atoms with Gasteiger partial charge < -0.3 is 19.5 Å². The van der Waals surface area contributed by atoms with Crippen molar-refractivity contribution in [3.8, 4) is 11.1 Å². The van der Waals surface area contributed by atoms with Crippen molar-refractivity contribution < 1.29 is 29.3 Å². The van der Waals surface area contributed by atoms with E-state index in [9.17, 15) is 24.6 Å². The number of aromatic carboxylic acids is 1. The number of ether oxygens (including phenoxy) is 1. The number of fused-ring (bicyclic) bond motifs is 4. The minimum atomic E-state index is -1.30. The lowest BCUT2D eigenvalue weighted by Crippen LogP contribution is -2.28. The first-order valence-corrected chi connectivity index (χ1v) is 10.6. The summed E-state index contributed by atoms with van der Waals surface area (Å²) in [7, 11) is 0. The summed E-state index contributed by atoms with van der Waals surface area (Å²) < 4.78 is 6.83. The van der Waals surface area contributed by atoms with Crippen LogP contribution in [0.5, 0.6) is 0 Å². The molecule has 1 amide bonds. The molecule has 33 heavy (non-hydrogen) atoms. The molecule has 5 rings (SSSR count). The molecule has 1 atom stereocenters. The molecule has 2 heterocycles. The monoisotopic (exact) mass is 447 g/mol. The standard InChI is InChI=1S/C24H21N3O6/c28-22(29)13-9-10-19-25-21(20(23(30)31)27(19)11-13)26-24(32)33-12-18-16-7-3-1-5-14(16)15-6-2-4-8-17(15)18/h1-8,13,18H,9-12H2,(H,26,32)(H,28,29)(H,30,31). The van der Waals surface area contributed by atoms with Gasteiger partial charge in [0.2, 0.25) is 0 Å². The molecular formula is C24H21N3O6. The van der Waals surface area contributed by atoms with Gasteiger partial charge in [0.15, 0.2) is 11.5 Å². The molecule has 0 bridgehead atoms. The van der Waals surface area contributed by atoms with Crippen molar-refractivity contribution in [3.63, 3.8) is 0 Å². The average Bonchev–Trinajstić information content (AvgIpc) is 3.32. The van der Waals surface area contributed by atoms with Crippen molar-refractivity contribution in [1.29, 1.82) is 0 Å². The van der Waals surface area contributed by atoms with E-state index in [2.05, 4.69) is 10.3 Å². The van der Waals surface area contributed by atoms with E-state index in [4.69, 9.17) is 4.74 Å². The van der Waals surface area contributed by atoms with E-state index in [1.165, 1.54) is 4.57 Å². The number of nitrogens with one attached hydrogen (secondary N) is 1. The van der Waals surface area contributed by atoms with Crippen molar-refractivity contribution in [2.24, 2.45) is 5.92 Å². The average molecular weight is 447 g/mol. The second-order valence-corrected chi connectivity index (χ2v) is 8.17. The number of imidazole rings is 1. The van der Waals surface area contributed by atoms with E-state index in [0.29, 0.717) is 18.7 Å². The van der Waals surface area contributed by atoms with E-state index in [-0.39, 0.29) is 30.6 Å². The second kappa shape index (κ2) is 8.09. The van der Waals surface area contributed by atoms with Crippen molar-refractivity contribution in [2.45, 2.75) is 25.3 Å². The molecule has 1 aliphatic heterocycles. The van der Waals surface area contributed by atoms with Gasteiger partial charge in [0.25, 0.3) is 0 Å². The van der Waals surface area contributed by atoms with Gasteiger partial charge in [0.05, 0.1) is 5.92 Å². The van der Waals surface area contributed by atoms with Gasteiger partial charge in [-0.15, -0.1) is 0 Å². The zero-order chi connectivity index (χ0) is 23.1. The van der Waals surface area contributed by atoms with E-state index in [1.807, 2.05) is 48.5 Å². The first kappa shape index (κ1) is 20.7. The first-order chi connectivity index (χ1) is 15.9. The summed E-state index contributed by atoms with van der Waals surface area (Å²) in [6.45, 7) is 0.0720. The number of rotatable bonds is 5. The Bertz CT molecular complexity index is 1240. The normalized spacial score (nSPS) is 16.4. The number of nitrogens with zero attached hydrogens (tertiary/aromatic N) is 2. The van der Waals surface area contributed by atoms with Crippen molar-refractivity contribution in [1.82, 2.24) is 9.55 Å². The number of carbonyl (C=O) groups is 3. The Morgan fingerprint density at radius 2 is 1.67 bits per heavy atom. The van der Waals surface area contributed by atoms with Gasteiger partial charge in [-0.3, -0.25) is 10.1 Å². The maximum atomic E-state index is 12.6. The zero-order valence-corrected chi connectivity index (χ0v) is 17.5. The summed E-state index contributed by atoms with van der Waals surface area (Å²) in [5.41, 5.74) is 4.09. The number of carbonyl (C=O) groups excluding carboxylic acids is 1. The summed E-state index contributed by atoms with van der Waals surface area (Å²) in [4.78, 5) is 40.0. The Balaban J connectivity index is 1.34. The lowest BCUT2D eigenvalue weighted by atomic mass is 9.98. The molecule has 2 aromatic carbocycles. The SMILES string of the molecule is O=C(Nc1nc2n(c1C(=O)O)CC(C(=O)O)CC2)OCC1c2ccccc2-c2ccccc21. The van der Waals surface area contributed by atoms with Crippen LogP contribution in [0.1, 0.15) is 39.8 Å². The highest BCUT2D eigenvalue weighted by Crippen LogP contribution is 2.44. The van der Waals surface area contributed by atoms with Gasteiger partial charge in [-0.1, -0.05) is 48.5 Å². The van der Waals surface area contributed by atoms with E-state index in [1.54, 1.807) is 0 Å². The second-order valence-electron chi connectivity index (χ2n) is 8.17. The fraction of sp³-hybridized carbons (Fsp3) is 0.250. The van der Waals surface area contributed by atoms with Crippen molar-refractivity contribution >= 4 is 23.8 Å². The van der Waals surface area contributed by atoms with Crippen LogP contribution in [0.15, 0.2) is 48.5 Å². The van der Waals surface area contributed by atoms with Crippen LogP contribution in [0.2, 0.25) is 0 Å². The van der Waals surface area contributed by atoms with E-state index >= 15 is 0 Å². The lowest BCUT2D eigenvalue weighted by Gasteiger charge is -2.21. The summed E-state index contributed by atoms with van der Waals surface area (Å²) in [6, 6.07) is 15.9. The summed E-state index contributed by atoms with van der Waals surface area (Å²) >= 11 is 0. The number of amides is 1. The molecule has 0 saturated heterocycles. The van der Waals surface area contributed by atoms with Gasteiger partial charge in [-0.05, 0) is 28.7 Å². The third-order valence-electron chi connectivity index (χ3n) is 6.28. The highest BCUT2D eigenvalue weighted by Gasteiger charge is 2.33. The van der Waals surface area contributed by atoms with Gasteiger partial charge in [0.1, 0.15) is 12.4 Å². The summed E-state index contributed by atoms with van der Waals surface area (Å²) in [6.07, 6.45) is -0.149. The fourth-order valence-corrected chi connectivity index (χ4v) is 4.74. The molecule has 9 heteroatoms. The van der Waals surface area contributed by atoms with E-state index < -0.39 is 23.9 Å². The van der Waals surface area contributed by atoms with Crippen LogP contribution in [-0.4, -0.2) is 44.4 Å². The molecular weight excluding hydrogens is 426 g/mol. The molecule has 0 spiro atoms. The number of hydrogen-bond acceptors (Lipinski definition) is 5. The molecule has 3 aromatic rings. The number of aromatic nitrogens is 2. The first-order valence-electron chi connectivity index (χ1n) is 10.6. The highest BCUT2D eigenvalue weighted by molar-refractivity contribution is 5.96. The van der Waals surface area contributed by atoms with Gasteiger partial charge in [-0.2, -0.15) is 0 Å². The molecule has 3 N–H and O–H groups in total. The largest absolute Gasteiger partial charge is 0.481 e. The Hall–Kier alpha value is -4.14. The number of anilines is 1. The van der Waals surface area contributed by atoms with Crippen LogP contribution in [-0.2, 0) is 22.5 Å². The van der Waals surface area contributed by atoms with Crippen LogP contribution in [0.3, 0.4) is 0 Å². The van der Waals surface area contributed by atoms with Gasteiger partial charge in [0, 0.05) is 18.9 Å². The quantitative estimate of drug-likeness (QED) is 0.545. The maximum absolute atomic E-state index is 12.6. The fourth-order valence-electron chi connectivity index (χ4n) is 4.74. The van der Waals surface area contributed by atoms with Crippen molar-refractivity contribution in [3.05, 3.63) is 71.2 Å². The molecule has 168 valence electrons. The topological polar surface area (TPSA) is 131 Å². The number of hydrogen-bond donors (Lipinski definition) is 3.